The summed E-state index contributed by atoms with van der Waals surface area (Å²) in [5, 5.41) is 0.678. The molecule has 21 heavy (non-hydrogen) atoms. The Hall–Kier alpha value is -1.10. The molecule has 0 fully saturated rings. The SMILES string of the molecule is Cc1cnc2c(c1)nc(CCCl)n2-c1ccc(Cl)cc1Br. The molecule has 0 atom stereocenters. The van der Waals surface area contributed by atoms with E-state index in [0.717, 1.165) is 32.7 Å². The second-order valence-electron chi connectivity index (χ2n) is 4.75. The Morgan fingerprint density at radius 3 is 2.81 bits per heavy atom. The molecular formula is C15H12BrCl2N3. The van der Waals surface area contributed by atoms with E-state index in [0.29, 0.717) is 17.3 Å². The monoisotopic (exact) mass is 383 g/mol. The van der Waals surface area contributed by atoms with E-state index in [9.17, 15) is 0 Å². The van der Waals surface area contributed by atoms with Crippen LogP contribution in [0.2, 0.25) is 5.02 Å². The van der Waals surface area contributed by atoms with Crippen molar-refractivity contribution >= 4 is 50.3 Å². The first-order valence-corrected chi connectivity index (χ1v) is 8.16. The zero-order valence-electron chi connectivity index (χ0n) is 11.3. The Kier molecular flexibility index (Phi) is 4.20. The van der Waals surface area contributed by atoms with Gasteiger partial charge in [0, 0.05) is 28.0 Å². The number of nitrogens with zero attached hydrogens (tertiary/aromatic N) is 3. The lowest BCUT2D eigenvalue weighted by atomic mass is 10.3. The molecule has 0 bridgehead atoms. The second-order valence-corrected chi connectivity index (χ2v) is 6.42. The van der Waals surface area contributed by atoms with Gasteiger partial charge < -0.3 is 0 Å². The van der Waals surface area contributed by atoms with Crippen LogP contribution in [0.5, 0.6) is 0 Å². The molecule has 0 saturated heterocycles. The quantitative estimate of drug-likeness (QED) is 0.599. The highest BCUT2D eigenvalue weighted by molar-refractivity contribution is 9.10. The average molecular weight is 385 g/mol. The maximum Gasteiger partial charge on any atom is 0.164 e. The van der Waals surface area contributed by atoms with E-state index < -0.39 is 0 Å². The molecule has 0 unspecified atom stereocenters. The van der Waals surface area contributed by atoms with E-state index in [1.54, 1.807) is 0 Å². The Balaban J connectivity index is 2.30. The van der Waals surface area contributed by atoms with Crippen molar-refractivity contribution in [2.24, 2.45) is 0 Å². The lowest BCUT2D eigenvalue weighted by molar-refractivity contribution is 0.902. The zero-order chi connectivity index (χ0) is 15.0. The summed E-state index contributed by atoms with van der Waals surface area (Å²) in [5.41, 5.74) is 3.74. The first kappa shape index (κ1) is 14.8. The summed E-state index contributed by atoms with van der Waals surface area (Å²) in [6.07, 6.45) is 2.51. The highest BCUT2D eigenvalue weighted by Crippen LogP contribution is 2.29. The number of hydrogen-bond donors (Lipinski definition) is 0. The molecule has 108 valence electrons. The molecule has 0 amide bonds. The number of halogens is 3. The molecule has 6 heteroatoms. The number of pyridine rings is 1. The van der Waals surface area contributed by atoms with Gasteiger partial charge >= 0.3 is 0 Å². The molecule has 0 N–H and O–H groups in total. The molecule has 0 aliphatic heterocycles. The minimum absolute atomic E-state index is 0.507. The minimum Gasteiger partial charge on any atom is -0.280 e. The van der Waals surface area contributed by atoms with Gasteiger partial charge in [0.25, 0.3) is 0 Å². The van der Waals surface area contributed by atoms with Crippen LogP contribution < -0.4 is 0 Å². The van der Waals surface area contributed by atoms with Crippen molar-refractivity contribution in [1.82, 2.24) is 14.5 Å². The third-order valence-electron chi connectivity index (χ3n) is 3.17. The fraction of sp³-hybridized carbons (Fsp3) is 0.200. The van der Waals surface area contributed by atoms with Crippen LogP contribution >= 0.6 is 39.1 Å². The van der Waals surface area contributed by atoms with E-state index in [-0.39, 0.29) is 0 Å². The number of fused-ring (bicyclic) bond motifs is 1. The fourth-order valence-electron chi connectivity index (χ4n) is 2.28. The van der Waals surface area contributed by atoms with Crippen molar-refractivity contribution in [2.75, 3.05) is 5.88 Å². The van der Waals surface area contributed by atoms with Crippen LogP contribution in [0.15, 0.2) is 34.9 Å². The predicted molar refractivity (Wildman–Crippen MR) is 90.7 cm³/mol. The number of aryl methyl sites for hydroxylation is 2. The zero-order valence-corrected chi connectivity index (χ0v) is 14.4. The largest absolute Gasteiger partial charge is 0.280 e. The lowest BCUT2D eigenvalue weighted by Crippen LogP contribution is -2.03. The van der Waals surface area contributed by atoms with Crippen molar-refractivity contribution in [3.63, 3.8) is 0 Å². The topological polar surface area (TPSA) is 30.7 Å². The van der Waals surface area contributed by atoms with E-state index in [1.165, 1.54) is 0 Å². The van der Waals surface area contributed by atoms with E-state index in [2.05, 4.69) is 25.9 Å². The molecule has 2 heterocycles. The summed E-state index contributed by atoms with van der Waals surface area (Å²) >= 11 is 15.5. The lowest BCUT2D eigenvalue weighted by Gasteiger charge is -2.10. The Bertz CT molecular complexity index is 814. The number of benzene rings is 1. The van der Waals surface area contributed by atoms with Gasteiger partial charge in [0.2, 0.25) is 0 Å². The van der Waals surface area contributed by atoms with Crippen LogP contribution in [0.4, 0.5) is 0 Å². The van der Waals surface area contributed by atoms with E-state index in [1.807, 2.05) is 42.0 Å². The van der Waals surface area contributed by atoms with Gasteiger partial charge in [0.15, 0.2) is 5.65 Å². The third-order valence-corrected chi connectivity index (χ3v) is 4.23. The van der Waals surface area contributed by atoms with Crippen LogP contribution in [-0.2, 0) is 6.42 Å². The predicted octanol–water partition coefficient (Wildman–Crippen LogP) is 4.93. The fourth-order valence-corrected chi connectivity index (χ4v) is 3.31. The van der Waals surface area contributed by atoms with Gasteiger partial charge in [0.1, 0.15) is 11.3 Å². The van der Waals surface area contributed by atoms with Crippen molar-refractivity contribution in [3.8, 4) is 5.69 Å². The van der Waals surface area contributed by atoms with Crippen LogP contribution in [0.25, 0.3) is 16.9 Å². The van der Waals surface area contributed by atoms with E-state index >= 15 is 0 Å². The average Bonchev–Trinajstić information content (AvgIpc) is 2.76. The summed E-state index contributed by atoms with van der Waals surface area (Å²) in [5.74, 6) is 1.40. The van der Waals surface area contributed by atoms with Gasteiger partial charge in [-0.3, -0.25) is 4.57 Å². The van der Waals surface area contributed by atoms with Crippen LogP contribution in [0.1, 0.15) is 11.4 Å². The molecule has 0 saturated carbocycles. The van der Waals surface area contributed by atoms with Gasteiger partial charge in [-0.15, -0.1) is 11.6 Å². The molecule has 3 nitrogen and oxygen atoms in total. The summed E-state index contributed by atoms with van der Waals surface area (Å²) in [4.78, 5) is 9.19. The normalized spacial score (nSPS) is 11.2. The molecule has 2 aromatic heterocycles. The summed E-state index contributed by atoms with van der Waals surface area (Å²) in [7, 11) is 0. The van der Waals surface area contributed by atoms with Gasteiger partial charge in [-0.05, 0) is 52.7 Å². The van der Waals surface area contributed by atoms with Crippen molar-refractivity contribution in [3.05, 3.63) is 51.3 Å². The van der Waals surface area contributed by atoms with Crippen molar-refractivity contribution in [1.29, 1.82) is 0 Å². The molecule has 0 aliphatic rings. The molecule has 0 spiro atoms. The number of hydrogen-bond acceptors (Lipinski definition) is 2. The Morgan fingerprint density at radius 1 is 1.29 bits per heavy atom. The number of aromatic nitrogens is 3. The molecule has 3 aromatic rings. The van der Waals surface area contributed by atoms with Crippen LogP contribution in [0, 0.1) is 6.92 Å². The van der Waals surface area contributed by atoms with Gasteiger partial charge in [-0.25, -0.2) is 9.97 Å². The van der Waals surface area contributed by atoms with Crippen LogP contribution in [0.3, 0.4) is 0 Å². The minimum atomic E-state index is 0.507. The number of rotatable bonds is 3. The first-order valence-electron chi connectivity index (χ1n) is 6.45. The smallest absolute Gasteiger partial charge is 0.164 e. The van der Waals surface area contributed by atoms with E-state index in [4.69, 9.17) is 23.2 Å². The van der Waals surface area contributed by atoms with Gasteiger partial charge in [0.05, 0.1) is 5.69 Å². The molecule has 0 radical (unpaired) electrons. The Labute approximate surface area is 141 Å². The van der Waals surface area contributed by atoms with Crippen LogP contribution in [-0.4, -0.2) is 20.4 Å². The molecule has 1 aromatic carbocycles. The third kappa shape index (κ3) is 2.80. The standard InChI is InChI=1S/C15H12BrCl2N3/c1-9-6-12-15(19-8-9)21(14(20-12)4-5-17)13-3-2-10(18)7-11(13)16/h2-3,6-8H,4-5H2,1H3. The van der Waals surface area contributed by atoms with Gasteiger partial charge in [-0.2, -0.15) is 0 Å². The first-order chi connectivity index (χ1) is 10.1. The highest BCUT2D eigenvalue weighted by atomic mass is 79.9. The van der Waals surface area contributed by atoms with Crippen molar-refractivity contribution in [2.45, 2.75) is 13.3 Å². The summed E-state index contributed by atoms with van der Waals surface area (Å²) in [6.45, 7) is 2.00. The molecular weight excluding hydrogens is 373 g/mol. The summed E-state index contributed by atoms with van der Waals surface area (Å²) in [6, 6.07) is 7.70. The molecule has 0 aliphatic carbocycles. The second kappa shape index (κ2) is 5.95. The number of imidazole rings is 1. The molecule has 3 rings (SSSR count). The maximum absolute atomic E-state index is 6.03. The number of alkyl halides is 1. The summed E-state index contributed by atoms with van der Waals surface area (Å²) < 4.78 is 2.92. The highest BCUT2D eigenvalue weighted by Gasteiger charge is 2.15. The Morgan fingerprint density at radius 2 is 2.10 bits per heavy atom. The maximum atomic E-state index is 6.03. The van der Waals surface area contributed by atoms with Crippen molar-refractivity contribution < 1.29 is 0 Å². The van der Waals surface area contributed by atoms with Gasteiger partial charge in [-0.1, -0.05) is 11.6 Å².